The van der Waals surface area contributed by atoms with Crippen LogP contribution in [0.3, 0.4) is 0 Å². The lowest BCUT2D eigenvalue weighted by molar-refractivity contribution is -0.645. The first-order valence-electron chi connectivity index (χ1n) is 9.33. The van der Waals surface area contributed by atoms with E-state index in [2.05, 4.69) is 0 Å². The highest BCUT2D eigenvalue weighted by atomic mass is 35.5. The maximum absolute atomic E-state index is 6.94. The van der Waals surface area contributed by atoms with Crippen LogP contribution in [0.1, 0.15) is 37.7 Å². The lowest BCUT2D eigenvalue weighted by atomic mass is 9.46. The number of benzene rings is 1. The maximum atomic E-state index is 6.94. The minimum atomic E-state index is -0.954. The predicted molar refractivity (Wildman–Crippen MR) is 95.3 cm³/mol. The third-order valence-corrected chi connectivity index (χ3v) is 7.62. The van der Waals surface area contributed by atoms with E-state index in [-0.39, 0.29) is 4.87 Å². The molecule has 1 heterocycles. The molecule has 0 aromatic heterocycles. The molecule has 3 unspecified atom stereocenters. The molecule has 0 N–H and O–H groups in total. The fourth-order valence-corrected chi connectivity index (χ4v) is 6.93. The molecule has 4 saturated carbocycles. The van der Waals surface area contributed by atoms with Crippen molar-refractivity contribution in [2.45, 2.75) is 48.4 Å². The molecule has 142 valence electrons. The largest absolute Gasteiger partial charge is 0.497 e. The summed E-state index contributed by atoms with van der Waals surface area (Å²) in [5, 5.41) is 0. The Morgan fingerprint density at radius 3 is 1.96 bits per heavy atom. The Bertz CT molecular complexity index is 695. The molecule has 4 bridgehead atoms. The molecule has 1 aromatic carbocycles. The van der Waals surface area contributed by atoms with Crippen molar-refractivity contribution in [3.63, 3.8) is 0 Å². The number of ether oxygens (including phenoxy) is 3. The lowest BCUT2D eigenvalue weighted by Gasteiger charge is -2.70. The van der Waals surface area contributed by atoms with Crippen molar-refractivity contribution >= 4 is 11.6 Å². The van der Waals surface area contributed by atoms with Gasteiger partial charge in [0.05, 0.1) is 14.2 Å². The zero-order chi connectivity index (χ0) is 18.2. The molecule has 6 rings (SSSR count). The van der Waals surface area contributed by atoms with Gasteiger partial charge in [-0.3, -0.25) is 0 Å². The van der Waals surface area contributed by atoms with Crippen molar-refractivity contribution in [2.24, 2.45) is 17.8 Å². The molecule has 0 amide bonds. The van der Waals surface area contributed by atoms with E-state index in [1.165, 1.54) is 0 Å². The van der Waals surface area contributed by atoms with Crippen molar-refractivity contribution in [1.29, 1.82) is 0 Å². The summed E-state index contributed by atoms with van der Waals surface area (Å²) in [5.74, 6) is 1.81. The van der Waals surface area contributed by atoms with E-state index in [0.29, 0.717) is 29.3 Å². The van der Waals surface area contributed by atoms with Gasteiger partial charge in [0.1, 0.15) is 11.5 Å². The first-order valence-corrected chi connectivity index (χ1v) is 9.71. The molecule has 1 aliphatic heterocycles. The average molecular weight is 381 g/mol. The molecular formula is C20H25ClO5. The molecular weight excluding hydrogens is 356 g/mol. The van der Waals surface area contributed by atoms with Crippen molar-refractivity contribution in [2.75, 3.05) is 21.3 Å². The van der Waals surface area contributed by atoms with Gasteiger partial charge in [-0.25, -0.2) is 4.89 Å². The summed E-state index contributed by atoms with van der Waals surface area (Å²) in [7, 11) is 4.98. The standard InChI is InChI=1S/C20H25ClO5/c1-22-16-6-13(7-17(8-16)23-2)20(24-3)19(25-26-20)14-4-12-5-15(19)11-18(21,9-12)10-14/h6-8,12,14-15H,4-5,9-11H2,1-3H3. The molecule has 4 aliphatic carbocycles. The van der Waals surface area contributed by atoms with Crippen LogP contribution in [0.2, 0.25) is 0 Å². The summed E-state index contributed by atoms with van der Waals surface area (Å²) in [5.41, 5.74) is 0.382. The summed E-state index contributed by atoms with van der Waals surface area (Å²) in [6.45, 7) is 0. The number of rotatable bonds is 4. The zero-order valence-electron chi connectivity index (χ0n) is 15.4. The Balaban J connectivity index is 1.62. The van der Waals surface area contributed by atoms with Crippen molar-refractivity contribution < 1.29 is 24.0 Å². The Kier molecular flexibility index (Phi) is 3.62. The van der Waals surface area contributed by atoms with Gasteiger partial charge in [0, 0.05) is 23.6 Å². The molecule has 5 aliphatic rings. The Morgan fingerprint density at radius 2 is 1.54 bits per heavy atom. The van der Waals surface area contributed by atoms with Gasteiger partial charge in [-0.15, -0.1) is 11.6 Å². The summed E-state index contributed by atoms with van der Waals surface area (Å²) in [6, 6.07) is 5.76. The van der Waals surface area contributed by atoms with E-state index in [0.717, 1.165) is 37.7 Å². The molecule has 0 radical (unpaired) electrons. The monoisotopic (exact) mass is 380 g/mol. The van der Waals surface area contributed by atoms with Gasteiger partial charge in [0.25, 0.3) is 5.79 Å². The minimum Gasteiger partial charge on any atom is -0.497 e. The van der Waals surface area contributed by atoms with Gasteiger partial charge in [-0.05, 0) is 62.0 Å². The van der Waals surface area contributed by atoms with Crippen molar-refractivity contribution in [1.82, 2.24) is 0 Å². The van der Waals surface area contributed by atoms with Crippen LogP contribution in [0.5, 0.6) is 11.5 Å². The first kappa shape index (κ1) is 17.1. The van der Waals surface area contributed by atoms with Crippen molar-refractivity contribution in [3.05, 3.63) is 23.8 Å². The van der Waals surface area contributed by atoms with Crippen LogP contribution in [0, 0.1) is 17.8 Å². The predicted octanol–water partition coefficient (Wildman–Crippen LogP) is 4.02. The van der Waals surface area contributed by atoms with E-state index in [1.807, 2.05) is 18.2 Å². The van der Waals surface area contributed by atoms with E-state index in [4.69, 9.17) is 35.6 Å². The number of alkyl halides is 1. The van der Waals surface area contributed by atoms with E-state index in [9.17, 15) is 0 Å². The molecule has 6 heteroatoms. The van der Waals surface area contributed by atoms with Crippen molar-refractivity contribution in [3.8, 4) is 11.5 Å². The Hall–Kier alpha value is -1.01. The third kappa shape index (κ3) is 1.98. The highest BCUT2D eigenvalue weighted by molar-refractivity contribution is 6.24. The lowest BCUT2D eigenvalue weighted by Crippen LogP contribution is -2.78. The Labute approximate surface area is 158 Å². The highest BCUT2D eigenvalue weighted by Crippen LogP contribution is 2.71. The molecule has 5 nitrogen and oxygen atoms in total. The average Bonchev–Trinajstić information content (AvgIpc) is 2.60. The number of hydrogen-bond acceptors (Lipinski definition) is 5. The number of halogens is 1. The minimum absolute atomic E-state index is 0.0771. The van der Waals surface area contributed by atoms with E-state index < -0.39 is 11.4 Å². The first-order chi connectivity index (χ1) is 12.5. The van der Waals surface area contributed by atoms with Crippen LogP contribution in [-0.2, 0) is 20.3 Å². The highest BCUT2D eigenvalue weighted by Gasteiger charge is 2.78. The van der Waals surface area contributed by atoms with E-state index >= 15 is 0 Å². The molecule has 1 spiro atoms. The van der Waals surface area contributed by atoms with E-state index in [1.54, 1.807) is 21.3 Å². The fraction of sp³-hybridized carbons (Fsp3) is 0.700. The molecule has 26 heavy (non-hydrogen) atoms. The van der Waals surface area contributed by atoms with Gasteiger partial charge < -0.3 is 14.2 Å². The van der Waals surface area contributed by atoms with Gasteiger partial charge in [-0.2, -0.15) is 4.89 Å². The fourth-order valence-electron chi connectivity index (χ4n) is 6.34. The van der Waals surface area contributed by atoms with Crippen LogP contribution in [0.25, 0.3) is 0 Å². The van der Waals surface area contributed by atoms with Gasteiger partial charge in [0.2, 0.25) is 0 Å². The normalized spacial score (nSPS) is 45.6. The summed E-state index contributed by atoms with van der Waals surface area (Å²) in [6.07, 6.45) is 5.29. The quantitative estimate of drug-likeness (QED) is 0.583. The summed E-state index contributed by atoms with van der Waals surface area (Å²) < 4.78 is 17.0. The van der Waals surface area contributed by atoms with Crippen LogP contribution in [0.4, 0.5) is 0 Å². The second-order valence-electron chi connectivity index (χ2n) is 8.38. The summed E-state index contributed by atoms with van der Waals surface area (Å²) >= 11 is 6.94. The van der Waals surface area contributed by atoms with Gasteiger partial charge in [0.15, 0.2) is 5.60 Å². The number of hydrogen-bond donors (Lipinski definition) is 0. The Morgan fingerprint density at radius 1 is 0.923 bits per heavy atom. The summed E-state index contributed by atoms with van der Waals surface area (Å²) in [4.78, 5) is 11.7. The topological polar surface area (TPSA) is 46.2 Å². The third-order valence-electron chi connectivity index (χ3n) is 7.16. The van der Waals surface area contributed by atoms with Crippen LogP contribution in [-0.4, -0.2) is 31.8 Å². The van der Waals surface area contributed by atoms with Crippen LogP contribution < -0.4 is 9.47 Å². The SMILES string of the molecule is COc1cc(OC)cc(C2(OC)OOC23C2CC4CC3CC(Cl)(C4)C2)c1. The molecule has 5 fully saturated rings. The maximum Gasteiger partial charge on any atom is 0.260 e. The molecule has 1 aromatic rings. The van der Waals surface area contributed by atoms with Gasteiger partial charge >= 0.3 is 0 Å². The molecule has 3 atom stereocenters. The van der Waals surface area contributed by atoms with Gasteiger partial charge in [-0.1, -0.05) is 0 Å². The van der Waals surface area contributed by atoms with Crippen LogP contribution in [0.15, 0.2) is 18.2 Å². The second-order valence-corrected chi connectivity index (χ2v) is 9.18. The smallest absolute Gasteiger partial charge is 0.260 e. The molecule has 1 saturated heterocycles. The van der Waals surface area contributed by atoms with Crippen LogP contribution >= 0.6 is 11.6 Å². The number of methoxy groups -OCH3 is 3. The second kappa shape index (κ2) is 5.51. The zero-order valence-corrected chi connectivity index (χ0v) is 16.2.